The van der Waals surface area contributed by atoms with Crippen LogP contribution in [0, 0.1) is 11.6 Å². The lowest BCUT2D eigenvalue weighted by Crippen LogP contribution is -2.14. The van der Waals surface area contributed by atoms with E-state index in [2.05, 4.69) is 10.3 Å². The van der Waals surface area contributed by atoms with Crippen LogP contribution in [0.5, 0.6) is 0 Å². The molecule has 0 atom stereocenters. The van der Waals surface area contributed by atoms with E-state index in [1.165, 1.54) is 5.38 Å². The number of aromatic nitrogens is 1. The van der Waals surface area contributed by atoms with Crippen LogP contribution in [0.15, 0.2) is 17.5 Å². The summed E-state index contributed by atoms with van der Waals surface area (Å²) in [5.74, 6) is -4.05. The van der Waals surface area contributed by atoms with Crippen LogP contribution in [-0.4, -0.2) is 22.0 Å². The number of hydrogen-bond acceptors (Lipinski definition) is 4. The number of nitrogens with one attached hydrogen (secondary N) is 1. The maximum Gasteiger partial charge on any atom is 0.355 e. The Bertz CT molecular complexity index is 682. The molecule has 1 aromatic heterocycles. The van der Waals surface area contributed by atoms with Gasteiger partial charge in [0.25, 0.3) is 5.91 Å². The van der Waals surface area contributed by atoms with E-state index in [1.54, 1.807) is 0 Å². The van der Waals surface area contributed by atoms with E-state index in [-0.39, 0.29) is 15.7 Å². The molecule has 0 fully saturated rings. The minimum absolute atomic E-state index is 0.179. The number of thiazole rings is 1. The van der Waals surface area contributed by atoms with Crippen LogP contribution in [0.2, 0.25) is 5.02 Å². The van der Waals surface area contributed by atoms with Gasteiger partial charge in [0.15, 0.2) is 16.5 Å². The molecule has 2 aromatic rings. The highest BCUT2D eigenvalue weighted by atomic mass is 35.5. The van der Waals surface area contributed by atoms with E-state index in [1.807, 2.05) is 0 Å². The second kappa shape index (κ2) is 5.51. The molecule has 2 rings (SSSR count). The van der Waals surface area contributed by atoms with Crippen molar-refractivity contribution < 1.29 is 23.5 Å². The van der Waals surface area contributed by atoms with Gasteiger partial charge in [-0.25, -0.2) is 18.6 Å². The highest BCUT2D eigenvalue weighted by Crippen LogP contribution is 2.27. The van der Waals surface area contributed by atoms with Crippen molar-refractivity contribution in [1.82, 2.24) is 4.98 Å². The van der Waals surface area contributed by atoms with Crippen molar-refractivity contribution in [2.24, 2.45) is 0 Å². The summed E-state index contributed by atoms with van der Waals surface area (Å²) in [4.78, 5) is 25.9. The third kappa shape index (κ3) is 2.91. The summed E-state index contributed by atoms with van der Waals surface area (Å²) in [6.07, 6.45) is 0. The maximum atomic E-state index is 13.5. The van der Waals surface area contributed by atoms with Gasteiger partial charge in [-0.05, 0) is 6.07 Å². The average Bonchev–Trinajstić information content (AvgIpc) is 2.83. The first-order chi connectivity index (χ1) is 9.38. The van der Waals surface area contributed by atoms with E-state index in [9.17, 15) is 18.4 Å². The summed E-state index contributed by atoms with van der Waals surface area (Å²) in [6, 6.07) is 1.40. The lowest BCUT2D eigenvalue weighted by Gasteiger charge is -2.06. The molecule has 0 radical (unpaired) electrons. The van der Waals surface area contributed by atoms with Crippen molar-refractivity contribution in [3.63, 3.8) is 0 Å². The van der Waals surface area contributed by atoms with Crippen LogP contribution >= 0.6 is 22.9 Å². The Morgan fingerprint density at radius 3 is 2.60 bits per heavy atom. The van der Waals surface area contributed by atoms with Crippen molar-refractivity contribution >= 4 is 40.5 Å². The number of hydrogen-bond donors (Lipinski definition) is 2. The lowest BCUT2D eigenvalue weighted by atomic mass is 10.3. The predicted molar refractivity (Wildman–Crippen MR) is 68.4 cm³/mol. The molecule has 2 N–H and O–H groups in total. The Balaban J connectivity index is 2.25. The molecule has 1 amide bonds. The molecule has 0 aliphatic heterocycles. The summed E-state index contributed by atoms with van der Waals surface area (Å²) < 4.78 is 26.3. The van der Waals surface area contributed by atoms with Gasteiger partial charge in [-0.3, -0.25) is 4.79 Å². The molecule has 0 bridgehead atoms. The van der Waals surface area contributed by atoms with E-state index < -0.39 is 29.2 Å². The fourth-order valence-electron chi connectivity index (χ4n) is 1.30. The minimum atomic E-state index is -1.29. The average molecular weight is 319 g/mol. The van der Waals surface area contributed by atoms with Crippen LogP contribution in [-0.2, 0) is 0 Å². The van der Waals surface area contributed by atoms with Crippen LogP contribution in [0.25, 0.3) is 0 Å². The van der Waals surface area contributed by atoms with E-state index in [4.69, 9.17) is 16.7 Å². The lowest BCUT2D eigenvalue weighted by molar-refractivity contribution is 0.0691. The molecular weight excluding hydrogens is 314 g/mol. The number of aromatic carboxylic acids is 1. The van der Waals surface area contributed by atoms with Crippen molar-refractivity contribution in [2.75, 3.05) is 5.32 Å². The van der Waals surface area contributed by atoms with Gasteiger partial charge in [-0.1, -0.05) is 11.6 Å². The SMILES string of the molecule is O=C(O)c1csc(C(=O)Nc2c(F)cc(F)cc2Cl)n1. The molecule has 0 saturated carbocycles. The van der Waals surface area contributed by atoms with Crippen molar-refractivity contribution in [1.29, 1.82) is 0 Å². The molecule has 1 aromatic carbocycles. The van der Waals surface area contributed by atoms with Gasteiger partial charge in [0.05, 0.1) is 10.7 Å². The zero-order valence-electron chi connectivity index (χ0n) is 9.49. The first-order valence-electron chi connectivity index (χ1n) is 5.03. The summed E-state index contributed by atoms with van der Waals surface area (Å²) in [5, 5.41) is 11.5. The predicted octanol–water partition coefficient (Wildman–Crippen LogP) is 3.03. The standard InChI is InChI=1S/C11H5ClF2N2O3S/c12-5-1-4(13)2-6(14)8(5)16-9(17)10-15-7(3-20-10)11(18)19/h1-3H,(H,16,17)(H,18,19). The molecule has 9 heteroatoms. The van der Waals surface area contributed by atoms with E-state index in [0.717, 1.165) is 17.4 Å². The van der Waals surface area contributed by atoms with Crippen LogP contribution < -0.4 is 5.32 Å². The third-order valence-corrected chi connectivity index (χ3v) is 3.30. The van der Waals surface area contributed by atoms with Gasteiger partial charge in [0, 0.05) is 11.4 Å². The van der Waals surface area contributed by atoms with Gasteiger partial charge < -0.3 is 10.4 Å². The van der Waals surface area contributed by atoms with Gasteiger partial charge in [-0.15, -0.1) is 11.3 Å². The number of carboxylic acids is 1. The summed E-state index contributed by atoms with van der Waals surface area (Å²) in [6.45, 7) is 0. The van der Waals surface area contributed by atoms with Crippen LogP contribution in [0.3, 0.4) is 0 Å². The highest BCUT2D eigenvalue weighted by Gasteiger charge is 2.18. The fraction of sp³-hybridized carbons (Fsp3) is 0. The molecule has 0 spiro atoms. The highest BCUT2D eigenvalue weighted by molar-refractivity contribution is 7.12. The molecule has 20 heavy (non-hydrogen) atoms. The Hall–Kier alpha value is -2.06. The largest absolute Gasteiger partial charge is 0.476 e. The van der Waals surface area contributed by atoms with Gasteiger partial charge in [-0.2, -0.15) is 0 Å². The maximum absolute atomic E-state index is 13.5. The molecule has 0 aliphatic rings. The molecule has 104 valence electrons. The van der Waals surface area contributed by atoms with Gasteiger partial charge in [0.1, 0.15) is 5.82 Å². The second-order valence-electron chi connectivity index (χ2n) is 3.54. The Labute approximate surface area is 119 Å². The Kier molecular flexibility index (Phi) is 3.96. The minimum Gasteiger partial charge on any atom is -0.476 e. The molecule has 0 aliphatic carbocycles. The first-order valence-corrected chi connectivity index (χ1v) is 6.29. The van der Waals surface area contributed by atoms with E-state index in [0.29, 0.717) is 6.07 Å². The van der Waals surface area contributed by atoms with Crippen LogP contribution in [0.4, 0.5) is 14.5 Å². The third-order valence-electron chi connectivity index (χ3n) is 2.16. The number of nitrogens with zero attached hydrogens (tertiary/aromatic N) is 1. The number of carboxylic acid groups (broad SMARTS) is 1. The van der Waals surface area contributed by atoms with Crippen molar-refractivity contribution in [3.05, 3.63) is 44.9 Å². The molecular formula is C11H5ClF2N2O3S. The Morgan fingerprint density at radius 2 is 2.05 bits per heavy atom. The van der Waals surface area contributed by atoms with Crippen molar-refractivity contribution in [3.8, 4) is 0 Å². The molecule has 1 heterocycles. The molecule has 5 nitrogen and oxygen atoms in total. The quantitative estimate of drug-likeness (QED) is 0.911. The zero-order chi connectivity index (χ0) is 14.9. The van der Waals surface area contributed by atoms with Crippen molar-refractivity contribution in [2.45, 2.75) is 0 Å². The van der Waals surface area contributed by atoms with Gasteiger partial charge in [0.2, 0.25) is 0 Å². The summed E-state index contributed by atoms with van der Waals surface area (Å²) in [7, 11) is 0. The monoisotopic (exact) mass is 318 g/mol. The van der Waals surface area contributed by atoms with E-state index >= 15 is 0 Å². The smallest absolute Gasteiger partial charge is 0.355 e. The number of carbonyl (C=O) groups is 2. The number of carbonyl (C=O) groups excluding carboxylic acids is 1. The summed E-state index contributed by atoms with van der Waals surface area (Å²) in [5.41, 5.74) is -0.698. The number of halogens is 3. The normalized spacial score (nSPS) is 10.3. The second-order valence-corrected chi connectivity index (χ2v) is 4.81. The molecule has 0 saturated heterocycles. The topological polar surface area (TPSA) is 79.3 Å². The Morgan fingerprint density at radius 1 is 1.35 bits per heavy atom. The summed E-state index contributed by atoms with van der Waals surface area (Å²) >= 11 is 6.39. The molecule has 0 unspecified atom stereocenters. The fourth-order valence-corrected chi connectivity index (χ4v) is 2.23. The number of rotatable bonds is 3. The van der Waals surface area contributed by atoms with Crippen LogP contribution in [0.1, 0.15) is 20.3 Å². The number of amides is 1. The number of anilines is 1. The van der Waals surface area contributed by atoms with Gasteiger partial charge >= 0.3 is 5.97 Å². The number of benzene rings is 1. The zero-order valence-corrected chi connectivity index (χ0v) is 11.1. The first kappa shape index (κ1) is 14.4.